The number of carbonyl (C=O) groups excluding carboxylic acids is 1. The number of rotatable bonds is 3. The lowest BCUT2D eigenvalue weighted by atomic mass is 9.41. The maximum Gasteiger partial charge on any atom is 0.308 e. The van der Waals surface area contributed by atoms with Gasteiger partial charge in [-0.1, -0.05) is 13.8 Å². The zero-order valence-corrected chi connectivity index (χ0v) is 13.1. The second kappa shape index (κ2) is 4.70. The van der Waals surface area contributed by atoms with E-state index in [1.165, 1.54) is 0 Å². The number of amides is 1. The fraction of sp³-hybridized carbons (Fsp3) is 0.875. The van der Waals surface area contributed by atoms with Gasteiger partial charge in [0.1, 0.15) is 0 Å². The van der Waals surface area contributed by atoms with Gasteiger partial charge in [-0.2, -0.15) is 0 Å². The van der Waals surface area contributed by atoms with E-state index in [1.807, 2.05) is 6.92 Å². The van der Waals surface area contributed by atoms with Crippen molar-refractivity contribution in [2.24, 2.45) is 23.2 Å². The molecule has 3 N–H and O–H groups in total. The van der Waals surface area contributed by atoms with Crippen LogP contribution in [0.25, 0.3) is 0 Å². The molecule has 5 atom stereocenters. The molecule has 21 heavy (non-hydrogen) atoms. The first-order valence-electron chi connectivity index (χ1n) is 8.05. The first kappa shape index (κ1) is 14.8. The van der Waals surface area contributed by atoms with E-state index in [4.69, 9.17) is 0 Å². The molecular weight excluding hydrogens is 268 g/mol. The standard InChI is InChI=1S/C16H26N2O3/c1-15(2)9-7-10(14(20)21)16(3,12(15)8-9)18-13(19)11-5-4-6-17-11/h9-12,17H,4-8H2,1-3H3,(H,18,19)(H,20,21)/t9-,10+,11+,12+,16-/m1/s1. The van der Waals surface area contributed by atoms with E-state index < -0.39 is 17.4 Å². The summed E-state index contributed by atoms with van der Waals surface area (Å²) in [6, 6.07) is -0.155. The molecule has 0 aromatic carbocycles. The average Bonchev–Trinajstić information content (AvgIpc) is 2.90. The van der Waals surface area contributed by atoms with Crippen LogP contribution in [0.15, 0.2) is 0 Å². The van der Waals surface area contributed by atoms with Gasteiger partial charge in [0.05, 0.1) is 17.5 Å². The quantitative estimate of drug-likeness (QED) is 0.735. The summed E-state index contributed by atoms with van der Waals surface area (Å²) in [6.07, 6.45) is 3.56. The fourth-order valence-electron chi connectivity index (χ4n) is 5.00. The molecule has 1 saturated heterocycles. The Labute approximate surface area is 125 Å². The summed E-state index contributed by atoms with van der Waals surface area (Å²) in [4.78, 5) is 24.2. The Balaban J connectivity index is 1.83. The molecule has 118 valence electrons. The molecule has 0 radical (unpaired) electrons. The van der Waals surface area contributed by atoms with Crippen LogP contribution in [-0.4, -0.2) is 35.1 Å². The molecule has 1 amide bonds. The van der Waals surface area contributed by atoms with Gasteiger partial charge in [0, 0.05) is 0 Å². The third-order valence-electron chi connectivity index (χ3n) is 6.51. The van der Waals surface area contributed by atoms with Crippen LogP contribution in [0, 0.1) is 23.2 Å². The molecule has 4 aliphatic rings. The zero-order valence-electron chi connectivity index (χ0n) is 13.1. The van der Waals surface area contributed by atoms with Crippen molar-refractivity contribution >= 4 is 11.9 Å². The van der Waals surface area contributed by atoms with Gasteiger partial charge < -0.3 is 15.7 Å². The molecule has 3 saturated carbocycles. The van der Waals surface area contributed by atoms with Gasteiger partial charge in [0.2, 0.25) is 5.91 Å². The lowest BCUT2D eigenvalue weighted by Gasteiger charge is -2.66. The van der Waals surface area contributed by atoms with Crippen molar-refractivity contribution in [1.29, 1.82) is 0 Å². The van der Waals surface area contributed by atoms with E-state index in [2.05, 4.69) is 24.5 Å². The van der Waals surface area contributed by atoms with Crippen molar-refractivity contribution in [3.63, 3.8) is 0 Å². The smallest absolute Gasteiger partial charge is 0.308 e. The highest BCUT2D eigenvalue weighted by Crippen LogP contribution is 2.64. The number of hydrogen-bond acceptors (Lipinski definition) is 3. The Kier molecular flexibility index (Phi) is 3.32. The van der Waals surface area contributed by atoms with Gasteiger partial charge in [0.15, 0.2) is 0 Å². The Bertz CT molecular complexity index is 470. The van der Waals surface area contributed by atoms with E-state index in [9.17, 15) is 14.7 Å². The predicted molar refractivity (Wildman–Crippen MR) is 78.7 cm³/mol. The molecule has 5 nitrogen and oxygen atoms in total. The summed E-state index contributed by atoms with van der Waals surface area (Å²) >= 11 is 0. The maximum absolute atomic E-state index is 12.5. The van der Waals surface area contributed by atoms with Crippen LogP contribution in [0.4, 0.5) is 0 Å². The number of hydrogen-bond donors (Lipinski definition) is 3. The number of nitrogens with one attached hydrogen (secondary N) is 2. The summed E-state index contributed by atoms with van der Waals surface area (Å²) in [6.45, 7) is 7.23. The van der Waals surface area contributed by atoms with E-state index in [-0.39, 0.29) is 23.3 Å². The molecule has 5 heteroatoms. The minimum atomic E-state index is -0.776. The van der Waals surface area contributed by atoms with E-state index in [1.54, 1.807) is 0 Å². The van der Waals surface area contributed by atoms with Crippen LogP contribution in [0.3, 0.4) is 0 Å². The largest absolute Gasteiger partial charge is 0.481 e. The maximum atomic E-state index is 12.5. The zero-order chi connectivity index (χ0) is 15.4. The van der Waals surface area contributed by atoms with Crippen molar-refractivity contribution < 1.29 is 14.7 Å². The highest BCUT2D eigenvalue weighted by Gasteiger charge is 2.65. The third-order valence-corrected chi connectivity index (χ3v) is 6.51. The number of carboxylic acids is 1. The first-order chi connectivity index (χ1) is 9.76. The summed E-state index contributed by atoms with van der Waals surface area (Å²) in [5.74, 6) is -0.558. The molecule has 0 aromatic heterocycles. The van der Waals surface area contributed by atoms with Crippen molar-refractivity contribution in [2.75, 3.05) is 6.54 Å². The molecule has 2 bridgehead atoms. The Hall–Kier alpha value is -1.10. The molecular formula is C16H26N2O3. The number of fused-ring (bicyclic) bond motifs is 2. The second-order valence-corrected chi connectivity index (χ2v) is 7.85. The van der Waals surface area contributed by atoms with Crippen LogP contribution in [0.1, 0.15) is 46.5 Å². The molecule has 1 aliphatic heterocycles. The second-order valence-electron chi connectivity index (χ2n) is 7.85. The van der Waals surface area contributed by atoms with Crippen molar-refractivity contribution in [3.8, 4) is 0 Å². The van der Waals surface area contributed by atoms with Gasteiger partial charge in [-0.25, -0.2) is 0 Å². The molecule has 3 aliphatic carbocycles. The van der Waals surface area contributed by atoms with Crippen LogP contribution in [0.2, 0.25) is 0 Å². The molecule has 1 heterocycles. The lowest BCUT2D eigenvalue weighted by molar-refractivity contribution is -0.181. The van der Waals surface area contributed by atoms with Gasteiger partial charge in [0.25, 0.3) is 0 Å². The number of aliphatic carboxylic acids is 1. The van der Waals surface area contributed by atoms with E-state index >= 15 is 0 Å². The van der Waals surface area contributed by atoms with Gasteiger partial charge in [-0.15, -0.1) is 0 Å². The minimum absolute atomic E-state index is 0.0256. The lowest BCUT2D eigenvalue weighted by Crippen LogP contribution is -2.72. The number of carboxylic acid groups (broad SMARTS) is 1. The Morgan fingerprint density at radius 3 is 2.48 bits per heavy atom. The molecule has 4 fully saturated rings. The topological polar surface area (TPSA) is 78.4 Å². The summed E-state index contributed by atoms with van der Waals surface area (Å²) < 4.78 is 0. The predicted octanol–water partition coefficient (Wildman–Crippen LogP) is 1.38. The molecule has 0 aromatic rings. The van der Waals surface area contributed by atoms with Crippen LogP contribution in [-0.2, 0) is 9.59 Å². The molecule has 0 spiro atoms. The number of carbonyl (C=O) groups is 2. The Morgan fingerprint density at radius 1 is 1.24 bits per heavy atom. The SMILES string of the molecule is CC1(C)[C@@H]2C[C@@H](C(=O)O)[C@@](C)(NC(=O)[C@@H]3CCCN3)[C@H]1C2. The van der Waals surface area contributed by atoms with Gasteiger partial charge in [-0.05, 0) is 56.4 Å². The highest BCUT2D eigenvalue weighted by atomic mass is 16.4. The van der Waals surface area contributed by atoms with Gasteiger partial charge in [-0.3, -0.25) is 9.59 Å². The van der Waals surface area contributed by atoms with Gasteiger partial charge >= 0.3 is 5.97 Å². The Morgan fingerprint density at radius 2 is 1.95 bits per heavy atom. The summed E-state index contributed by atoms with van der Waals surface area (Å²) in [7, 11) is 0. The van der Waals surface area contributed by atoms with E-state index in [0.717, 1.165) is 25.8 Å². The monoisotopic (exact) mass is 294 g/mol. The van der Waals surface area contributed by atoms with Crippen molar-refractivity contribution in [3.05, 3.63) is 0 Å². The van der Waals surface area contributed by atoms with Crippen molar-refractivity contribution in [1.82, 2.24) is 10.6 Å². The van der Waals surface area contributed by atoms with Crippen LogP contribution < -0.4 is 10.6 Å². The fourth-order valence-corrected chi connectivity index (χ4v) is 5.00. The van der Waals surface area contributed by atoms with E-state index in [0.29, 0.717) is 12.3 Å². The minimum Gasteiger partial charge on any atom is -0.481 e. The summed E-state index contributed by atoms with van der Waals surface area (Å²) in [5, 5.41) is 15.9. The summed E-state index contributed by atoms with van der Waals surface area (Å²) in [5.41, 5.74) is -0.511. The normalized spacial score (nSPS) is 44.0. The highest BCUT2D eigenvalue weighted by molar-refractivity contribution is 5.84. The first-order valence-corrected chi connectivity index (χ1v) is 8.05. The van der Waals surface area contributed by atoms with Crippen LogP contribution in [0.5, 0.6) is 0 Å². The molecule has 4 rings (SSSR count). The van der Waals surface area contributed by atoms with Crippen molar-refractivity contribution in [2.45, 2.75) is 58.0 Å². The average molecular weight is 294 g/mol. The third kappa shape index (κ3) is 2.08. The molecule has 0 unspecified atom stereocenters. The van der Waals surface area contributed by atoms with Crippen LogP contribution >= 0.6 is 0 Å².